The minimum Gasteiger partial charge on any atom is -0.394 e. The number of imidazole rings is 1. The smallest absolute Gasteiger partial charge is 0.372 e. The van der Waals surface area contributed by atoms with Gasteiger partial charge >= 0.3 is 5.82 Å². The Balaban J connectivity index is 2.40. The molecule has 2 aromatic rings. The van der Waals surface area contributed by atoms with Gasteiger partial charge in [0.15, 0.2) is 0 Å². The Labute approximate surface area is 107 Å². The van der Waals surface area contributed by atoms with Crippen LogP contribution < -0.4 is 5.32 Å². The molecule has 8 heteroatoms. The Bertz CT molecular complexity index is 562. The van der Waals surface area contributed by atoms with E-state index in [1.54, 1.807) is 11.6 Å². The van der Waals surface area contributed by atoms with Gasteiger partial charge in [-0.15, -0.1) is 0 Å². The van der Waals surface area contributed by atoms with E-state index in [2.05, 4.69) is 10.3 Å². The zero-order valence-electron chi connectivity index (χ0n) is 10.0. The van der Waals surface area contributed by atoms with E-state index in [4.69, 9.17) is 0 Å². The third kappa shape index (κ3) is 2.16. The molecule has 2 aromatic heterocycles. The van der Waals surface area contributed by atoms with E-state index >= 15 is 0 Å². The Morgan fingerprint density at radius 1 is 1.67 bits per heavy atom. The molecule has 0 fully saturated rings. The molecule has 18 heavy (non-hydrogen) atoms. The van der Waals surface area contributed by atoms with Crippen LogP contribution in [0.5, 0.6) is 0 Å². The van der Waals surface area contributed by atoms with Crippen LogP contribution in [0.2, 0.25) is 0 Å². The Kier molecular flexibility index (Phi) is 3.48. The first-order chi connectivity index (χ1) is 8.54. The lowest BCUT2D eigenvalue weighted by atomic mass is 10.1. The third-order valence-electron chi connectivity index (χ3n) is 2.73. The van der Waals surface area contributed by atoms with Gasteiger partial charge in [0.1, 0.15) is 6.20 Å². The molecular formula is C10H14N4O3S. The lowest BCUT2D eigenvalue weighted by Crippen LogP contribution is -2.29. The molecule has 0 bridgehead atoms. The molecule has 7 nitrogen and oxygen atoms in total. The molecule has 1 atom stereocenters. The van der Waals surface area contributed by atoms with Crippen molar-refractivity contribution in [1.82, 2.24) is 9.38 Å². The number of aliphatic hydroxyl groups excluding tert-OH is 1. The first-order valence-electron chi connectivity index (χ1n) is 5.52. The van der Waals surface area contributed by atoms with Crippen LogP contribution in [0.4, 0.5) is 11.6 Å². The zero-order valence-corrected chi connectivity index (χ0v) is 10.8. The van der Waals surface area contributed by atoms with Gasteiger partial charge in [0, 0.05) is 5.38 Å². The van der Waals surface area contributed by atoms with Crippen LogP contribution in [0, 0.1) is 16.0 Å². The van der Waals surface area contributed by atoms with Gasteiger partial charge in [0.05, 0.1) is 12.6 Å². The van der Waals surface area contributed by atoms with Crippen molar-refractivity contribution in [3.63, 3.8) is 0 Å². The van der Waals surface area contributed by atoms with E-state index < -0.39 is 4.92 Å². The van der Waals surface area contributed by atoms with Crippen molar-refractivity contribution >= 4 is 27.9 Å². The maximum Gasteiger partial charge on any atom is 0.372 e. The van der Waals surface area contributed by atoms with Crippen LogP contribution in [0.15, 0.2) is 11.6 Å². The molecule has 2 N–H and O–H groups in total. The van der Waals surface area contributed by atoms with Gasteiger partial charge in [-0.2, -0.15) is 9.38 Å². The Hall–Kier alpha value is -1.67. The quantitative estimate of drug-likeness (QED) is 0.637. The zero-order chi connectivity index (χ0) is 13.3. The average molecular weight is 270 g/mol. The van der Waals surface area contributed by atoms with Gasteiger partial charge in [0.2, 0.25) is 5.82 Å². The van der Waals surface area contributed by atoms with E-state index in [0.29, 0.717) is 4.96 Å². The monoisotopic (exact) mass is 270 g/mol. The highest BCUT2D eigenvalue weighted by atomic mass is 32.1. The summed E-state index contributed by atoms with van der Waals surface area (Å²) in [5.41, 5.74) is 0. The molecule has 0 saturated heterocycles. The summed E-state index contributed by atoms with van der Waals surface area (Å²) < 4.78 is 1.43. The number of nitrogens with zero attached hydrogens (tertiary/aromatic N) is 3. The summed E-state index contributed by atoms with van der Waals surface area (Å²) >= 11 is 1.33. The van der Waals surface area contributed by atoms with Gasteiger partial charge in [0.25, 0.3) is 4.96 Å². The highest BCUT2D eigenvalue weighted by Crippen LogP contribution is 2.29. The summed E-state index contributed by atoms with van der Waals surface area (Å²) in [4.78, 5) is 15.4. The molecule has 0 aliphatic carbocycles. The molecule has 0 aliphatic heterocycles. The predicted octanol–water partition coefficient (Wildman–Crippen LogP) is 1.73. The predicted molar refractivity (Wildman–Crippen MR) is 69.1 cm³/mol. The lowest BCUT2D eigenvalue weighted by molar-refractivity contribution is -0.389. The summed E-state index contributed by atoms with van der Waals surface area (Å²) in [5, 5.41) is 25.0. The summed E-state index contributed by atoms with van der Waals surface area (Å²) in [6, 6.07) is -0.256. The van der Waals surface area contributed by atoms with Gasteiger partial charge in [-0.05, 0) is 10.8 Å². The third-order valence-corrected chi connectivity index (χ3v) is 3.49. The minimum atomic E-state index is -0.468. The van der Waals surface area contributed by atoms with Crippen molar-refractivity contribution in [2.24, 2.45) is 5.92 Å². The van der Waals surface area contributed by atoms with E-state index in [1.165, 1.54) is 15.7 Å². The van der Waals surface area contributed by atoms with Gasteiger partial charge in [-0.3, -0.25) is 0 Å². The molecule has 0 aliphatic rings. The van der Waals surface area contributed by atoms with E-state index in [0.717, 1.165) is 0 Å². The number of hydrogen-bond acceptors (Lipinski definition) is 6. The first kappa shape index (κ1) is 12.8. The maximum atomic E-state index is 11.1. The Morgan fingerprint density at radius 3 is 2.94 bits per heavy atom. The van der Waals surface area contributed by atoms with Gasteiger partial charge in [-0.1, -0.05) is 25.2 Å². The topological polar surface area (TPSA) is 92.7 Å². The summed E-state index contributed by atoms with van der Waals surface area (Å²) in [5.74, 6) is 0.263. The number of nitro groups is 1. The summed E-state index contributed by atoms with van der Waals surface area (Å²) in [6.45, 7) is 3.76. The number of fused-ring (bicyclic) bond motifs is 1. The highest BCUT2D eigenvalue weighted by molar-refractivity contribution is 7.15. The lowest BCUT2D eigenvalue weighted by Gasteiger charge is -2.19. The molecule has 98 valence electrons. The second-order valence-corrected chi connectivity index (χ2v) is 5.15. The van der Waals surface area contributed by atoms with Crippen molar-refractivity contribution in [3.05, 3.63) is 21.7 Å². The molecule has 0 radical (unpaired) electrons. The average Bonchev–Trinajstić information content (AvgIpc) is 2.83. The van der Waals surface area contributed by atoms with Crippen LogP contribution in [0.25, 0.3) is 4.96 Å². The number of rotatable bonds is 5. The van der Waals surface area contributed by atoms with Crippen LogP contribution in [-0.2, 0) is 0 Å². The second-order valence-electron chi connectivity index (χ2n) is 4.27. The maximum absolute atomic E-state index is 11.1. The fourth-order valence-electron chi connectivity index (χ4n) is 1.64. The van der Waals surface area contributed by atoms with Crippen LogP contribution in [0.3, 0.4) is 0 Å². The molecule has 0 aromatic carbocycles. The van der Waals surface area contributed by atoms with E-state index in [9.17, 15) is 15.2 Å². The summed E-state index contributed by atoms with van der Waals surface area (Å²) in [6.07, 6.45) is 1.61. The van der Waals surface area contributed by atoms with Crippen molar-refractivity contribution in [2.75, 3.05) is 11.9 Å². The second kappa shape index (κ2) is 4.91. The van der Waals surface area contributed by atoms with Crippen LogP contribution in [0.1, 0.15) is 13.8 Å². The van der Waals surface area contributed by atoms with E-state index in [1.807, 2.05) is 13.8 Å². The normalized spacial score (nSPS) is 13.1. The number of thiazole rings is 1. The molecule has 2 heterocycles. The molecule has 0 spiro atoms. The van der Waals surface area contributed by atoms with Crippen LogP contribution in [-0.4, -0.2) is 32.1 Å². The van der Waals surface area contributed by atoms with E-state index in [-0.39, 0.29) is 30.2 Å². The van der Waals surface area contributed by atoms with Crippen molar-refractivity contribution in [2.45, 2.75) is 19.9 Å². The Morgan fingerprint density at radius 2 is 2.39 bits per heavy atom. The largest absolute Gasteiger partial charge is 0.394 e. The molecular weight excluding hydrogens is 256 g/mol. The SMILES string of the molecule is CC(C)[C@@H](CO)Nc1nc2sccn2c1[N+](=O)[O-]. The number of nitrogens with one attached hydrogen (secondary N) is 1. The molecule has 0 saturated carbocycles. The fraction of sp³-hybridized carbons (Fsp3) is 0.500. The number of anilines is 1. The minimum absolute atomic E-state index is 0.0923. The highest BCUT2D eigenvalue weighted by Gasteiger charge is 2.26. The molecule has 0 amide bonds. The number of aliphatic hydroxyl groups is 1. The van der Waals surface area contributed by atoms with Crippen molar-refractivity contribution in [3.8, 4) is 0 Å². The van der Waals surface area contributed by atoms with Crippen molar-refractivity contribution < 1.29 is 10.0 Å². The first-order valence-corrected chi connectivity index (χ1v) is 6.40. The fourth-order valence-corrected chi connectivity index (χ4v) is 2.35. The van der Waals surface area contributed by atoms with Gasteiger partial charge < -0.3 is 20.5 Å². The van der Waals surface area contributed by atoms with Gasteiger partial charge in [-0.25, -0.2) is 0 Å². The summed E-state index contributed by atoms with van der Waals surface area (Å²) in [7, 11) is 0. The standard InChI is InChI=1S/C10H14N4O3S/c1-6(2)7(5-15)11-8-9(14(16)17)13-3-4-18-10(13)12-8/h3-4,6-7,11,15H,5H2,1-2H3/t7-/m1/s1. The van der Waals surface area contributed by atoms with Crippen LogP contribution >= 0.6 is 11.3 Å². The number of hydrogen-bond donors (Lipinski definition) is 2. The molecule has 2 rings (SSSR count). The molecule has 0 unspecified atom stereocenters. The number of aromatic nitrogens is 2. The van der Waals surface area contributed by atoms with Crippen molar-refractivity contribution in [1.29, 1.82) is 0 Å².